The molecule has 0 atom stereocenters. The Balaban J connectivity index is 2.03. The molecule has 98 valence electrons. The second-order valence-corrected chi connectivity index (χ2v) is 5.13. The van der Waals surface area contributed by atoms with Gasteiger partial charge in [0.05, 0.1) is 13.5 Å². The first kappa shape index (κ1) is 12.7. The minimum atomic E-state index is -0.702. The van der Waals surface area contributed by atoms with Crippen LogP contribution in [0.2, 0.25) is 0 Å². The van der Waals surface area contributed by atoms with E-state index in [0.29, 0.717) is 0 Å². The molecule has 1 aromatic rings. The van der Waals surface area contributed by atoms with E-state index in [9.17, 15) is 4.79 Å². The Hall–Kier alpha value is -1.71. The minimum absolute atomic E-state index is 0.0241. The van der Waals surface area contributed by atoms with Gasteiger partial charge < -0.3 is 14.7 Å². The maximum atomic E-state index is 10.8. The maximum Gasteiger partial charge on any atom is 0.303 e. The first-order valence-electron chi connectivity index (χ1n) is 6.12. The molecule has 18 heavy (non-hydrogen) atoms. The summed E-state index contributed by atoms with van der Waals surface area (Å²) in [7, 11) is 3.64. The van der Waals surface area contributed by atoms with Crippen molar-refractivity contribution in [2.45, 2.75) is 19.3 Å². The van der Waals surface area contributed by atoms with Crippen LogP contribution in [0.15, 0.2) is 24.3 Å². The summed E-state index contributed by atoms with van der Waals surface area (Å²) in [5.41, 5.74) is 1.04. The molecule has 1 N–H and O–H groups in total. The predicted octanol–water partition coefficient (Wildman–Crippen LogP) is 2.39. The van der Waals surface area contributed by atoms with E-state index in [1.165, 1.54) is 0 Å². The third-order valence-corrected chi connectivity index (χ3v) is 3.55. The monoisotopic (exact) mass is 249 g/mol. The summed E-state index contributed by atoms with van der Waals surface area (Å²) in [6, 6.07) is 7.83. The molecule has 0 radical (unpaired) electrons. The minimum Gasteiger partial charge on any atom is -0.497 e. The lowest BCUT2D eigenvalue weighted by atomic mass is 10.0. The first-order chi connectivity index (χ1) is 8.54. The quantitative estimate of drug-likeness (QED) is 0.841. The fourth-order valence-electron chi connectivity index (χ4n) is 2.33. The summed E-state index contributed by atoms with van der Waals surface area (Å²) in [6.45, 7) is 0.784. The van der Waals surface area contributed by atoms with Crippen LogP contribution >= 0.6 is 0 Å². The van der Waals surface area contributed by atoms with E-state index in [2.05, 4.69) is 4.90 Å². The molecule has 2 rings (SSSR count). The number of anilines is 1. The lowest BCUT2D eigenvalue weighted by molar-refractivity contribution is -0.138. The van der Waals surface area contributed by atoms with Crippen LogP contribution in [0.5, 0.6) is 5.75 Å². The lowest BCUT2D eigenvalue weighted by Crippen LogP contribution is -2.28. The summed E-state index contributed by atoms with van der Waals surface area (Å²) < 4.78 is 5.19. The topological polar surface area (TPSA) is 49.8 Å². The second kappa shape index (κ2) is 4.88. The highest BCUT2D eigenvalue weighted by Gasteiger charge is 2.45. The van der Waals surface area contributed by atoms with E-state index in [0.717, 1.165) is 30.8 Å². The molecule has 0 amide bonds. The number of hydrogen-bond acceptors (Lipinski definition) is 3. The molecule has 0 aromatic heterocycles. The number of hydrogen-bond donors (Lipinski definition) is 1. The molecule has 4 heteroatoms. The van der Waals surface area contributed by atoms with E-state index in [-0.39, 0.29) is 11.8 Å². The molecule has 0 heterocycles. The van der Waals surface area contributed by atoms with Crippen LogP contribution in [0.4, 0.5) is 5.69 Å². The Bertz CT molecular complexity index is 440. The van der Waals surface area contributed by atoms with Crippen molar-refractivity contribution >= 4 is 11.7 Å². The van der Waals surface area contributed by atoms with Crippen molar-refractivity contribution < 1.29 is 14.6 Å². The zero-order valence-electron chi connectivity index (χ0n) is 10.8. The van der Waals surface area contributed by atoms with Gasteiger partial charge in [-0.25, -0.2) is 0 Å². The number of benzene rings is 1. The fourth-order valence-corrected chi connectivity index (χ4v) is 2.33. The third kappa shape index (κ3) is 2.94. The number of ether oxygens (including phenoxy) is 1. The lowest BCUT2D eigenvalue weighted by Gasteiger charge is -2.25. The van der Waals surface area contributed by atoms with Gasteiger partial charge in [0.15, 0.2) is 0 Å². The molecule has 0 unspecified atom stereocenters. The van der Waals surface area contributed by atoms with Crippen molar-refractivity contribution in [3.8, 4) is 5.75 Å². The van der Waals surface area contributed by atoms with Crippen LogP contribution in [-0.4, -0.2) is 31.8 Å². The smallest absolute Gasteiger partial charge is 0.303 e. The molecule has 0 saturated heterocycles. The highest BCUT2D eigenvalue weighted by molar-refractivity contribution is 5.68. The molecule has 0 aliphatic heterocycles. The second-order valence-electron chi connectivity index (χ2n) is 5.13. The Morgan fingerprint density at radius 3 is 2.78 bits per heavy atom. The summed E-state index contributed by atoms with van der Waals surface area (Å²) in [5, 5.41) is 8.92. The van der Waals surface area contributed by atoms with Gasteiger partial charge in [-0.15, -0.1) is 0 Å². The van der Waals surface area contributed by atoms with Gasteiger partial charge in [-0.1, -0.05) is 6.07 Å². The van der Waals surface area contributed by atoms with Crippen LogP contribution < -0.4 is 9.64 Å². The van der Waals surface area contributed by atoms with Gasteiger partial charge in [-0.3, -0.25) is 4.79 Å². The zero-order chi connectivity index (χ0) is 13.2. The molecular weight excluding hydrogens is 230 g/mol. The first-order valence-corrected chi connectivity index (χ1v) is 6.12. The summed E-state index contributed by atoms with van der Waals surface area (Å²) in [5.74, 6) is 0.119. The third-order valence-electron chi connectivity index (χ3n) is 3.55. The summed E-state index contributed by atoms with van der Waals surface area (Å²) in [6.07, 6.45) is 2.28. The molecule has 1 aliphatic carbocycles. The molecule has 4 nitrogen and oxygen atoms in total. The molecular formula is C14H19NO3. The number of carboxylic acid groups (broad SMARTS) is 1. The molecule has 1 aliphatic rings. The molecule has 1 saturated carbocycles. The largest absolute Gasteiger partial charge is 0.497 e. The van der Waals surface area contributed by atoms with Crippen molar-refractivity contribution in [3.63, 3.8) is 0 Å². The Morgan fingerprint density at radius 1 is 1.50 bits per heavy atom. The van der Waals surface area contributed by atoms with Crippen molar-refractivity contribution in [1.29, 1.82) is 0 Å². The summed E-state index contributed by atoms with van der Waals surface area (Å²) in [4.78, 5) is 12.9. The van der Waals surface area contributed by atoms with Gasteiger partial charge in [0, 0.05) is 25.3 Å². The Kier molecular flexibility index (Phi) is 3.45. The van der Waals surface area contributed by atoms with Crippen molar-refractivity contribution in [3.05, 3.63) is 24.3 Å². The number of methoxy groups -OCH3 is 1. The number of carbonyl (C=O) groups is 1. The molecule has 1 fully saturated rings. The fraction of sp³-hybridized carbons (Fsp3) is 0.500. The standard InChI is InChI=1S/C14H19NO3/c1-15(10-14(6-7-14)9-13(16)17)11-4-3-5-12(8-11)18-2/h3-5,8H,6-7,9-10H2,1-2H3,(H,16,17). The van der Waals surface area contributed by atoms with Crippen LogP contribution in [0.25, 0.3) is 0 Å². The van der Waals surface area contributed by atoms with Gasteiger partial charge in [0.2, 0.25) is 0 Å². The van der Waals surface area contributed by atoms with E-state index in [1.807, 2.05) is 31.3 Å². The molecule has 1 aromatic carbocycles. The molecule has 0 bridgehead atoms. The van der Waals surface area contributed by atoms with E-state index >= 15 is 0 Å². The van der Waals surface area contributed by atoms with Gasteiger partial charge in [0.1, 0.15) is 5.75 Å². The normalized spacial score (nSPS) is 16.1. The van der Waals surface area contributed by atoms with Crippen LogP contribution in [0, 0.1) is 5.41 Å². The number of rotatable bonds is 6. The average Bonchev–Trinajstić information content (AvgIpc) is 3.07. The average molecular weight is 249 g/mol. The maximum absolute atomic E-state index is 10.8. The van der Waals surface area contributed by atoms with E-state index in [1.54, 1.807) is 7.11 Å². The van der Waals surface area contributed by atoms with E-state index in [4.69, 9.17) is 9.84 Å². The van der Waals surface area contributed by atoms with Crippen LogP contribution in [0.1, 0.15) is 19.3 Å². The van der Waals surface area contributed by atoms with Crippen molar-refractivity contribution in [2.75, 3.05) is 25.6 Å². The van der Waals surface area contributed by atoms with Gasteiger partial charge in [0.25, 0.3) is 0 Å². The van der Waals surface area contributed by atoms with Gasteiger partial charge >= 0.3 is 5.97 Å². The number of carboxylic acids is 1. The Morgan fingerprint density at radius 2 is 2.22 bits per heavy atom. The van der Waals surface area contributed by atoms with Gasteiger partial charge in [-0.2, -0.15) is 0 Å². The van der Waals surface area contributed by atoms with Crippen LogP contribution in [-0.2, 0) is 4.79 Å². The highest BCUT2D eigenvalue weighted by atomic mass is 16.5. The SMILES string of the molecule is COc1cccc(N(C)CC2(CC(=O)O)CC2)c1. The molecule has 0 spiro atoms. The van der Waals surface area contributed by atoms with Gasteiger partial charge in [-0.05, 0) is 30.4 Å². The van der Waals surface area contributed by atoms with Crippen molar-refractivity contribution in [2.24, 2.45) is 5.41 Å². The number of nitrogens with zero attached hydrogens (tertiary/aromatic N) is 1. The van der Waals surface area contributed by atoms with Crippen molar-refractivity contribution in [1.82, 2.24) is 0 Å². The predicted molar refractivity (Wildman–Crippen MR) is 70.2 cm³/mol. The summed E-state index contributed by atoms with van der Waals surface area (Å²) >= 11 is 0. The number of aliphatic carboxylic acids is 1. The van der Waals surface area contributed by atoms with E-state index < -0.39 is 5.97 Å². The Labute approximate surface area is 107 Å². The van der Waals surface area contributed by atoms with Crippen LogP contribution in [0.3, 0.4) is 0 Å². The highest BCUT2D eigenvalue weighted by Crippen LogP contribution is 2.49. The zero-order valence-corrected chi connectivity index (χ0v) is 10.8.